The molecule has 0 spiro atoms. The number of amides is 10. The van der Waals surface area contributed by atoms with Crippen LogP contribution in [0.3, 0.4) is 0 Å². The maximum atomic E-state index is 14.5. The monoisotopic (exact) mass is 1290 g/mol. The third-order valence-electron chi connectivity index (χ3n) is 14.0. The summed E-state index contributed by atoms with van der Waals surface area (Å²) in [5.41, 5.74) is 18.9. The third kappa shape index (κ3) is 22.8. The van der Waals surface area contributed by atoms with E-state index in [9.17, 15) is 68.1 Å². The molecule has 4 rings (SSSR count). The van der Waals surface area contributed by atoms with Crippen LogP contribution < -0.4 is 65.1 Å². The number of nitrogens with zero attached hydrogens (tertiary/aromatic N) is 3. The molecular weight excluding hydrogens is 1210 g/mol. The molecule has 1 aliphatic heterocycles. The Kier molecular flexibility index (Phi) is 30.3. The van der Waals surface area contributed by atoms with E-state index in [1.807, 2.05) is 24.3 Å². The Morgan fingerprint density at radius 2 is 1.38 bits per heavy atom. The maximum Gasteiger partial charge on any atom is 0.327 e. The number of aliphatic carboxylic acids is 1. The van der Waals surface area contributed by atoms with Crippen molar-refractivity contribution in [1.29, 1.82) is 0 Å². The number of aromatic nitrogens is 3. The van der Waals surface area contributed by atoms with Crippen molar-refractivity contribution in [2.75, 3.05) is 49.8 Å². The molecular formula is C54H83N17O14S3. The van der Waals surface area contributed by atoms with E-state index >= 15 is 0 Å². The molecule has 1 aliphatic rings. The Hall–Kier alpha value is -7.66. The number of likely N-dealkylation sites (tertiary alicyclic amines) is 1. The van der Waals surface area contributed by atoms with Gasteiger partial charge in [0.15, 0.2) is 5.96 Å². The molecule has 0 unspecified atom stereocenters. The summed E-state index contributed by atoms with van der Waals surface area (Å²) in [6, 6.07) is -6.37. The van der Waals surface area contributed by atoms with Crippen LogP contribution in [0, 0.1) is 5.92 Å². The largest absolute Gasteiger partial charge is 0.480 e. The van der Waals surface area contributed by atoms with E-state index in [1.165, 1.54) is 31.2 Å². The van der Waals surface area contributed by atoms with Gasteiger partial charge in [-0.3, -0.25) is 52.9 Å². The molecule has 20 N–H and O–H groups in total. The van der Waals surface area contributed by atoms with E-state index < -0.39 is 145 Å². The number of H-pyrrole nitrogens is 2. The number of aliphatic hydroxyl groups is 2. The van der Waals surface area contributed by atoms with Crippen molar-refractivity contribution in [2.45, 2.75) is 139 Å². The minimum atomic E-state index is -1.63. The van der Waals surface area contributed by atoms with Gasteiger partial charge in [-0.1, -0.05) is 32.0 Å². The zero-order valence-electron chi connectivity index (χ0n) is 49.3. The number of carbonyl (C=O) groups excluding carboxylic acids is 10. The van der Waals surface area contributed by atoms with Crippen molar-refractivity contribution in [3.05, 3.63) is 54.2 Å². The number of guanidine groups is 1. The average Bonchev–Trinajstić information content (AvgIpc) is 4.36. The van der Waals surface area contributed by atoms with Gasteiger partial charge in [0.1, 0.15) is 54.4 Å². The van der Waals surface area contributed by atoms with Gasteiger partial charge in [0.05, 0.1) is 31.6 Å². The molecule has 88 heavy (non-hydrogen) atoms. The molecule has 0 aliphatic carbocycles. The molecule has 0 radical (unpaired) electrons. The lowest BCUT2D eigenvalue weighted by Crippen LogP contribution is -2.61. The van der Waals surface area contributed by atoms with Gasteiger partial charge in [-0.05, 0) is 75.0 Å². The van der Waals surface area contributed by atoms with Gasteiger partial charge in [0.25, 0.3) is 0 Å². The molecule has 0 bridgehead atoms. The molecule has 1 fully saturated rings. The second kappa shape index (κ2) is 36.6. The number of para-hydroxylation sites is 1. The van der Waals surface area contributed by atoms with Gasteiger partial charge in [-0.2, -0.15) is 37.0 Å². The zero-order chi connectivity index (χ0) is 65.2. The Labute approximate surface area is 523 Å². The van der Waals surface area contributed by atoms with Crippen LogP contribution in [0.15, 0.2) is 48.0 Å². The molecule has 3 aromatic rings. The highest BCUT2D eigenvalue weighted by Gasteiger charge is 2.41. The number of nitrogens with two attached hydrogens (primary N) is 3. The SMILES string of the molecule is CSCC[C@H](NC(=O)[C@H](Cc1c[nH]c2ccccc12)NC(=O)[C@@H](N)CS)C(=O)N[C@@H](CO)C(=O)N1CCC[C@H]1C(=O)N[C@@H](CCCN=C(N)N)C(=O)N[C@@H](Cc1cnc[nH]1)C(=O)N[C@@H](CC(C)C)C(=O)NCC(=O)N[C@H](C(=O)N[C@@H](CS)C(=O)O)[C@@H](C)O. The molecule has 2 aromatic heterocycles. The summed E-state index contributed by atoms with van der Waals surface area (Å²) in [5.74, 6) is -10.4. The van der Waals surface area contributed by atoms with E-state index in [2.05, 4.69) is 93.1 Å². The van der Waals surface area contributed by atoms with Gasteiger partial charge in [0.2, 0.25) is 59.1 Å². The molecule has 1 saturated heterocycles. The van der Waals surface area contributed by atoms with Crippen LogP contribution in [0.5, 0.6) is 0 Å². The molecule has 34 heteroatoms. The van der Waals surface area contributed by atoms with Crippen molar-refractivity contribution in [3.8, 4) is 0 Å². The number of aliphatic imine (C=N–C) groups is 1. The van der Waals surface area contributed by atoms with Crippen molar-refractivity contribution in [3.63, 3.8) is 0 Å². The van der Waals surface area contributed by atoms with Gasteiger partial charge < -0.3 is 95.2 Å². The Bertz CT molecular complexity index is 2890. The van der Waals surface area contributed by atoms with Crippen LogP contribution in [-0.4, -0.2) is 222 Å². The first-order valence-corrected chi connectivity index (χ1v) is 31.0. The van der Waals surface area contributed by atoms with Gasteiger partial charge in [-0.25, -0.2) is 9.78 Å². The minimum Gasteiger partial charge on any atom is -0.480 e. The van der Waals surface area contributed by atoms with E-state index in [0.717, 1.165) is 15.8 Å². The highest BCUT2D eigenvalue weighted by molar-refractivity contribution is 7.98. The normalized spacial score (nSPS) is 16.4. The maximum absolute atomic E-state index is 14.5. The van der Waals surface area contributed by atoms with Crippen LogP contribution in [-0.2, 0) is 65.6 Å². The fourth-order valence-corrected chi connectivity index (χ4v) is 10.2. The number of rotatable bonds is 37. The van der Waals surface area contributed by atoms with E-state index in [-0.39, 0.29) is 87.8 Å². The molecule has 1 aromatic carbocycles. The lowest BCUT2D eigenvalue weighted by atomic mass is 10.0. The highest BCUT2D eigenvalue weighted by atomic mass is 32.2. The summed E-state index contributed by atoms with van der Waals surface area (Å²) in [6.45, 7) is 3.00. The second-order valence-electron chi connectivity index (χ2n) is 21.3. The smallest absolute Gasteiger partial charge is 0.327 e. The minimum absolute atomic E-state index is 0.00284. The number of carbonyl (C=O) groups is 11. The number of hydrogen-bond acceptors (Lipinski definition) is 19. The van der Waals surface area contributed by atoms with Crippen molar-refractivity contribution < 1.29 is 68.1 Å². The standard InChI is InChI=1S/C54H83N17O14S3/c1-27(2)17-36(45(76)61-22-42(74)70-43(28(3)73)51(82)69-40(25-87)53(84)85)66-49(80)38(19-30-21-58-26-62-30)67-46(77)34(11-7-14-59-54(56)57)64-50(81)41-12-8-15-71(41)52(83)39(23-72)68-47(78)35(13-16-88-4)63-48(79)37(65-44(75)32(55)24-86)18-29-20-60-33-10-6-5-9-31(29)33/h5-6,9-10,20-21,26-28,32,34-41,43,60,72-73,86-87H,7-8,11-19,22-25,55H2,1-4H3,(H,58,62)(H,61,76)(H,63,79)(H,64,81)(H,65,75)(H,66,80)(H,67,77)(H,68,78)(H,69,82)(H,70,74)(H,84,85)(H4,56,57,59)/t28-,32+,34+,35+,36+,37+,38+,39+,40+,41+,43+/m1/s1. The second-order valence-corrected chi connectivity index (χ2v) is 23.0. The Morgan fingerprint density at radius 3 is 1.98 bits per heavy atom. The quantitative estimate of drug-likeness (QED) is 0.0111. The molecule has 31 nitrogen and oxygen atoms in total. The summed E-state index contributed by atoms with van der Waals surface area (Å²) in [4.78, 5) is 165. The highest BCUT2D eigenvalue weighted by Crippen LogP contribution is 2.22. The number of aromatic amines is 2. The number of thiol groups is 2. The van der Waals surface area contributed by atoms with Gasteiger partial charge in [-0.15, -0.1) is 0 Å². The first-order valence-electron chi connectivity index (χ1n) is 28.4. The van der Waals surface area contributed by atoms with Crippen molar-refractivity contribution >= 4 is 119 Å². The predicted octanol–water partition coefficient (Wildman–Crippen LogP) is -4.84. The average molecular weight is 1290 g/mol. The fourth-order valence-electron chi connectivity index (χ4n) is 9.31. The number of carboxylic acid groups (broad SMARTS) is 1. The van der Waals surface area contributed by atoms with Crippen molar-refractivity contribution in [2.24, 2.45) is 28.1 Å². The van der Waals surface area contributed by atoms with Crippen LogP contribution in [0.4, 0.5) is 0 Å². The lowest BCUT2D eigenvalue weighted by Gasteiger charge is -2.30. The molecule has 11 atom stereocenters. The summed E-state index contributed by atoms with van der Waals surface area (Å²) in [7, 11) is 0. The first-order chi connectivity index (χ1) is 41.8. The number of carboxylic acids is 1. The molecule has 486 valence electrons. The third-order valence-corrected chi connectivity index (χ3v) is 15.4. The summed E-state index contributed by atoms with van der Waals surface area (Å²) in [5, 5.41) is 53.6. The summed E-state index contributed by atoms with van der Waals surface area (Å²) in [6.07, 6.45) is 4.91. The van der Waals surface area contributed by atoms with Crippen LogP contribution >= 0.6 is 37.0 Å². The number of benzene rings is 1. The lowest BCUT2D eigenvalue weighted by molar-refractivity contribution is -0.143. The molecule has 10 amide bonds. The van der Waals surface area contributed by atoms with E-state index in [4.69, 9.17) is 17.2 Å². The van der Waals surface area contributed by atoms with Crippen LogP contribution in [0.2, 0.25) is 0 Å². The van der Waals surface area contributed by atoms with Crippen LogP contribution in [0.1, 0.15) is 70.6 Å². The Balaban J connectivity index is 1.52. The fraction of sp³-hybridized carbons (Fsp3) is 0.574. The van der Waals surface area contributed by atoms with Gasteiger partial charge in [0, 0.05) is 66.4 Å². The zero-order valence-corrected chi connectivity index (χ0v) is 51.9. The topological polar surface area (TPSA) is 495 Å². The number of fused-ring (bicyclic) bond motifs is 1. The number of hydrogen-bond donors (Lipinski definition) is 19. The summed E-state index contributed by atoms with van der Waals surface area (Å²) >= 11 is 9.38. The molecule has 0 saturated carbocycles. The van der Waals surface area contributed by atoms with Crippen LogP contribution in [0.25, 0.3) is 10.9 Å². The summed E-state index contributed by atoms with van der Waals surface area (Å²) < 4.78 is 0. The predicted molar refractivity (Wildman–Crippen MR) is 332 cm³/mol. The first kappa shape index (κ1) is 72.8. The van der Waals surface area contributed by atoms with E-state index in [1.54, 1.807) is 26.3 Å². The number of imidazole rings is 1. The number of thioether (sulfide) groups is 1. The number of aliphatic hydroxyl groups excluding tert-OH is 2. The Morgan fingerprint density at radius 1 is 0.761 bits per heavy atom. The van der Waals surface area contributed by atoms with Crippen molar-refractivity contribution in [1.82, 2.24) is 67.7 Å². The molecule has 3 heterocycles. The number of nitrogens with one attached hydrogen (secondary N) is 11. The van der Waals surface area contributed by atoms with E-state index in [0.29, 0.717) is 17.0 Å². The van der Waals surface area contributed by atoms with Gasteiger partial charge >= 0.3 is 5.97 Å².